The van der Waals surface area contributed by atoms with Gasteiger partial charge in [0.15, 0.2) is 6.10 Å². The number of nitrogens with one attached hydrogen (secondary N) is 1. The predicted octanol–water partition coefficient (Wildman–Crippen LogP) is 1.62. The highest BCUT2D eigenvalue weighted by Crippen LogP contribution is 2.31. The van der Waals surface area contributed by atoms with Crippen molar-refractivity contribution in [2.75, 3.05) is 6.61 Å². The van der Waals surface area contributed by atoms with Gasteiger partial charge in [-0.2, -0.15) is 0 Å². The van der Waals surface area contributed by atoms with Gasteiger partial charge in [0.2, 0.25) is 0 Å². The minimum atomic E-state index is -0.686. The maximum absolute atomic E-state index is 12.7. The van der Waals surface area contributed by atoms with E-state index in [1.54, 1.807) is 6.92 Å². The van der Waals surface area contributed by atoms with Crippen molar-refractivity contribution in [3.05, 3.63) is 30.1 Å². The summed E-state index contributed by atoms with van der Waals surface area (Å²) in [5.41, 5.74) is -0.475. The number of amides is 1. The molecular weight excluding hydrogens is 249 g/mol. The Labute approximate surface area is 111 Å². The number of rotatable bonds is 5. The highest BCUT2D eigenvalue weighted by atomic mass is 19.1. The molecule has 0 saturated heterocycles. The van der Waals surface area contributed by atoms with Gasteiger partial charge in [0, 0.05) is 0 Å². The van der Waals surface area contributed by atoms with E-state index in [2.05, 4.69) is 5.32 Å². The number of aliphatic hydroxyl groups is 1. The molecule has 19 heavy (non-hydrogen) atoms. The lowest BCUT2D eigenvalue weighted by Crippen LogP contribution is -2.58. The fourth-order valence-electron chi connectivity index (χ4n) is 2.06. The maximum atomic E-state index is 12.7. The van der Waals surface area contributed by atoms with Crippen LogP contribution in [0.15, 0.2) is 24.3 Å². The van der Waals surface area contributed by atoms with Crippen LogP contribution in [0.5, 0.6) is 5.75 Å². The number of benzene rings is 1. The van der Waals surface area contributed by atoms with Crippen LogP contribution in [0.2, 0.25) is 0 Å². The van der Waals surface area contributed by atoms with Gasteiger partial charge in [0.05, 0.1) is 12.1 Å². The molecule has 1 aromatic carbocycles. The van der Waals surface area contributed by atoms with E-state index in [0.717, 1.165) is 19.3 Å². The molecule has 1 saturated carbocycles. The molecule has 1 unspecified atom stereocenters. The van der Waals surface area contributed by atoms with E-state index in [-0.39, 0.29) is 18.3 Å². The van der Waals surface area contributed by atoms with E-state index in [1.165, 1.54) is 24.3 Å². The summed E-state index contributed by atoms with van der Waals surface area (Å²) >= 11 is 0. The molecule has 1 aliphatic carbocycles. The Morgan fingerprint density at radius 1 is 1.47 bits per heavy atom. The van der Waals surface area contributed by atoms with Crippen LogP contribution in [0.4, 0.5) is 4.39 Å². The van der Waals surface area contributed by atoms with Crippen LogP contribution >= 0.6 is 0 Å². The van der Waals surface area contributed by atoms with E-state index < -0.39 is 11.6 Å². The van der Waals surface area contributed by atoms with E-state index in [1.807, 2.05) is 0 Å². The van der Waals surface area contributed by atoms with Crippen molar-refractivity contribution in [1.82, 2.24) is 5.32 Å². The van der Waals surface area contributed by atoms with Crippen LogP contribution in [0.3, 0.4) is 0 Å². The second-order valence-electron chi connectivity index (χ2n) is 5.00. The van der Waals surface area contributed by atoms with Gasteiger partial charge < -0.3 is 15.2 Å². The second kappa shape index (κ2) is 5.57. The minimum Gasteiger partial charge on any atom is -0.481 e. The highest BCUT2D eigenvalue weighted by molar-refractivity contribution is 5.81. The molecule has 1 aliphatic rings. The molecule has 2 rings (SSSR count). The molecule has 0 bridgehead atoms. The Bertz CT molecular complexity index is 437. The summed E-state index contributed by atoms with van der Waals surface area (Å²) in [4.78, 5) is 12.0. The fourth-order valence-corrected chi connectivity index (χ4v) is 2.06. The first-order chi connectivity index (χ1) is 9.04. The van der Waals surface area contributed by atoms with Crippen molar-refractivity contribution >= 4 is 5.91 Å². The molecule has 1 aromatic rings. The smallest absolute Gasteiger partial charge is 0.261 e. The third-order valence-electron chi connectivity index (χ3n) is 3.50. The van der Waals surface area contributed by atoms with E-state index in [4.69, 9.17) is 4.74 Å². The Hall–Kier alpha value is -1.62. The third-order valence-corrected chi connectivity index (χ3v) is 3.50. The molecule has 104 valence electrons. The molecule has 1 amide bonds. The molecule has 0 aliphatic heterocycles. The average molecular weight is 267 g/mol. The zero-order valence-electron chi connectivity index (χ0n) is 10.9. The lowest BCUT2D eigenvalue weighted by molar-refractivity contribution is -0.131. The molecule has 0 heterocycles. The lowest BCUT2D eigenvalue weighted by atomic mass is 9.77. The van der Waals surface area contributed by atoms with Gasteiger partial charge in [-0.05, 0) is 50.5 Å². The molecular formula is C14H18FNO3. The number of carbonyl (C=O) groups excluding carboxylic acids is 1. The van der Waals surface area contributed by atoms with Crippen molar-refractivity contribution in [2.45, 2.75) is 37.8 Å². The van der Waals surface area contributed by atoms with Crippen LogP contribution in [0.1, 0.15) is 26.2 Å². The molecule has 5 heteroatoms. The third kappa shape index (κ3) is 3.23. The first kappa shape index (κ1) is 13.8. The number of carbonyl (C=O) groups is 1. The molecule has 0 aromatic heterocycles. The zero-order chi connectivity index (χ0) is 13.9. The van der Waals surface area contributed by atoms with Crippen molar-refractivity contribution in [3.8, 4) is 5.75 Å². The monoisotopic (exact) mass is 267 g/mol. The average Bonchev–Trinajstić information content (AvgIpc) is 2.36. The Balaban J connectivity index is 1.90. The first-order valence-corrected chi connectivity index (χ1v) is 6.40. The van der Waals surface area contributed by atoms with Crippen LogP contribution in [0, 0.1) is 5.82 Å². The van der Waals surface area contributed by atoms with Crippen molar-refractivity contribution in [2.24, 2.45) is 0 Å². The normalized spacial score (nSPS) is 18.3. The maximum Gasteiger partial charge on any atom is 0.261 e. The SMILES string of the molecule is CC(Oc1ccc(F)cc1)C(=O)NC1(CO)CCC1. The molecule has 4 nitrogen and oxygen atoms in total. The fraction of sp³-hybridized carbons (Fsp3) is 0.500. The van der Waals surface area contributed by atoms with E-state index in [0.29, 0.717) is 5.75 Å². The standard InChI is InChI=1S/C14H18FNO3/c1-10(19-12-5-3-11(15)4-6-12)13(18)16-14(9-17)7-2-8-14/h3-6,10,17H,2,7-9H2,1H3,(H,16,18). The van der Waals surface area contributed by atoms with Crippen LogP contribution in [0.25, 0.3) is 0 Å². The zero-order valence-corrected chi connectivity index (χ0v) is 10.9. The molecule has 0 radical (unpaired) electrons. The summed E-state index contributed by atoms with van der Waals surface area (Å²) in [6.45, 7) is 1.57. The van der Waals surface area contributed by atoms with Crippen LogP contribution < -0.4 is 10.1 Å². The van der Waals surface area contributed by atoms with Gasteiger partial charge in [0.1, 0.15) is 11.6 Å². The van der Waals surface area contributed by atoms with Gasteiger partial charge in [-0.3, -0.25) is 4.79 Å². The largest absolute Gasteiger partial charge is 0.481 e. The highest BCUT2D eigenvalue weighted by Gasteiger charge is 2.38. The lowest BCUT2D eigenvalue weighted by Gasteiger charge is -2.41. The number of ether oxygens (including phenoxy) is 1. The molecule has 1 atom stereocenters. The Kier molecular flexibility index (Phi) is 4.04. The van der Waals surface area contributed by atoms with Gasteiger partial charge in [-0.25, -0.2) is 4.39 Å². The van der Waals surface area contributed by atoms with Gasteiger partial charge in [-0.15, -0.1) is 0 Å². The van der Waals surface area contributed by atoms with E-state index in [9.17, 15) is 14.3 Å². The second-order valence-corrected chi connectivity index (χ2v) is 5.00. The summed E-state index contributed by atoms with van der Waals surface area (Å²) in [6, 6.07) is 5.51. The summed E-state index contributed by atoms with van der Waals surface area (Å²) in [5, 5.41) is 12.1. The number of hydrogen-bond acceptors (Lipinski definition) is 3. The molecule has 1 fully saturated rings. The minimum absolute atomic E-state index is 0.0536. The Morgan fingerprint density at radius 2 is 2.11 bits per heavy atom. The molecule has 0 spiro atoms. The van der Waals surface area contributed by atoms with Crippen molar-refractivity contribution < 1.29 is 19.0 Å². The quantitative estimate of drug-likeness (QED) is 0.852. The number of hydrogen-bond donors (Lipinski definition) is 2. The molecule has 2 N–H and O–H groups in total. The van der Waals surface area contributed by atoms with E-state index >= 15 is 0 Å². The van der Waals surface area contributed by atoms with Gasteiger partial charge in [0.25, 0.3) is 5.91 Å². The summed E-state index contributed by atoms with van der Waals surface area (Å²) in [6.07, 6.45) is 1.90. The topological polar surface area (TPSA) is 58.6 Å². The number of halogens is 1. The van der Waals surface area contributed by atoms with Gasteiger partial charge in [-0.1, -0.05) is 0 Å². The summed E-state index contributed by atoms with van der Waals surface area (Å²) < 4.78 is 18.2. The summed E-state index contributed by atoms with van der Waals surface area (Å²) in [7, 11) is 0. The van der Waals surface area contributed by atoms with Crippen LogP contribution in [-0.2, 0) is 4.79 Å². The summed E-state index contributed by atoms with van der Waals surface area (Å²) in [5.74, 6) is -0.174. The van der Waals surface area contributed by atoms with Crippen molar-refractivity contribution in [1.29, 1.82) is 0 Å². The predicted molar refractivity (Wildman–Crippen MR) is 68.3 cm³/mol. The van der Waals surface area contributed by atoms with Gasteiger partial charge >= 0.3 is 0 Å². The first-order valence-electron chi connectivity index (χ1n) is 6.40. The number of aliphatic hydroxyl groups excluding tert-OH is 1. The van der Waals surface area contributed by atoms with Crippen molar-refractivity contribution in [3.63, 3.8) is 0 Å². The van der Waals surface area contributed by atoms with Crippen LogP contribution in [-0.4, -0.2) is 29.3 Å². The Morgan fingerprint density at radius 3 is 2.58 bits per heavy atom.